The van der Waals surface area contributed by atoms with Crippen molar-refractivity contribution in [3.63, 3.8) is 0 Å². The number of hydrogen-bond donors (Lipinski definition) is 0. The van der Waals surface area contributed by atoms with Crippen LogP contribution >= 0.6 is 11.3 Å². The number of thiazole rings is 1. The van der Waals surface area contributed by atoms with E-state index < -0.39 is 0 Å². The average molecular weight is 300 g/mol. The molecule has 108 valence electrons. The van der Waals surface area contributed by atoms with Gasteiger partial charge in [0, 0.05) is 7.05 Å². The molecule has 1 aromatic carbocycles. The summed E-state index contributed by atoms with van der Waals surface area (Å²) in [5.74, 6) is 0.594. The quantitative estimate of drug-likeness (QED) is 0.733. The molecule has 3 rings (SSSR count). The molecule has 0 radical (unpaired) electrons. The van der Waals surface area contributed by atoms with E-state index >= 15 is 0 Å². The smallest absolute Gasteiger partial charge is 0.257 e. The molecule has 0 saturated heterocycles. The fraction of sp³-hybridized carbons (Fsp3) is 0.250. The van der Waals surface area contributed by atoms with E-state index in [1.54, 1.807) is 42.5 Å². The van der Waals surface area contributed by atoms with E-state index in [4.69, 9.17) is 4.42 Å². The molecule has 21 heavy (non-hydrogen) atoms. The summed E-state index contributed by atoms with van der Waals surface area (Å²) in [6.07, 6.45) is 1.54. The normalized spacial score (nSPS) is 12.5. The van der Waals surface area contributed by atoms with Gasteiger partial charge >= 0.3 is 0 Å². The SMILES string of the molecule is Cc1occc1C(=O)N(C)[C@@H](C)c1nc2ccccc2s1. The molecule has 1 amide bonds. The molecule has 0 aliphatic heterocycles. The van der Waals surface area contributed by atoms with E-state index in [0.717, 1.165) is 15.2 Å². The maximum Gasteiger partial charge on any atom is 0.257 e. The van der Waals surface area contributed by atoms with Crippen LogP contribution in [0.3, 0.4) is 0 Å². The monoisotopic (exact) mass is 300 g/mol. The summed E-state index contributed by atoms with van der Waals surface area (Å²) in [6, 6.07) is 9.64. The van der Waals surface area contributed by atoms with Crippen LogP contribution in [0.15, 0.2) is 41.0 Å². The van der Waals surface area contributed by atoms with E-state index in [1.165, 1.54) is 0 Å². The van der Waals surface area contributed by atoms with Crippen molar-refractivity contribution in [2.45, 2.75) is 19.9 Å². The van der Waals surface area contributed by atoms with Crippen LogP contribution in [-0.4, -0.2) is 22.8 Å². The highest BCUT2D eigenvalue weighted by Crippen LogP contribution is 2.29. The van der Waals surface area contributed by atoms with Crippen molar-refractivity contribution in [1.29, 1.82) is 0 Å². The van der Waals surface area contributed by atoms with Crippen LogP contribution < -0.4 is 0 Å². The maximum absolute atomic E-state index is 12.5. The van der Waals surface area contributed by atoms with Crippen LogP contribution in [0.25, 0.3) is 10.2 Å². The number of hydrogen-bond acceptors (Lipinski definition) is 4. The number of nitrogens with zero attached hydrogens (tertiary/aromatic N) is 2. The van der Waals surface area contributed by atoms with Crippen molar-refractivity contribution in [2.75, 3.05) is 7.05 Å². The zero-order chi connectivity index (χ0) is 15.0. The number of fused-ring (bicyclic) bond motifs is 1. The van der Waals surface area contributed by atoms with E-state index in [1.807, 2.05) is 31.2 Å². The lowest BCUT2D eigenvalue weighted by atomic mass is 10.2. The molecule has 5 heteroatoms. The molecular formula is C16H16N2O2S. The van der Waals surface area contributed by atoms with E-state index in [0.29, 0.717) is 11.3 Å². The first kappa shape index (κ1) is 13.8. The second kappa shape index (κ2) is 5.33. The topological polar surface area (TPSA) is 46.3 Å². The number of furan rings is 1. The molecule has 0 unspecified atom stereocenters. The number of aryl methyl sites for hydroxylation is 1. The van der Waals surface area contributed by atoms with Gasteiger partial charge < -0.3 is 9.32 Å². The summed E-state index contributed by atoms with van der Waals surface area (Å²) in [6.45, 7) is 3.79. The molecule has 0 bridgehead atoms. The van der Waals surface area contributed by atoms with Crippen LogP contribution in [0.1, 0.15) is 34.1 Å². The molecule has 2 heterocycles. The highest BCUT2D eigenvalue weighted by atomic mass is 32.1. The Morgan fingerprint density at radius 1 is 1.33 bits per heavy atom. The Labute approximate surface area is 127 Å². The number of para-hydroxylation sites is 1. The minimum atomic E-state index is -0.0794. The van der Waals surface area contributed by atoms with E-state index in [9.17, 15) is 4.79 Å². The second-order valence-electron chi connectivity index (χ2n) is 5.00. The first-order valence-corrected chi connectivity index (χ1v) is 7.56. The Kier molecular flexibility index (Phi) is 3.51. The van der Waals surface area contributed by atoms with Crippen molar-refractivity contribution in [2.24, 2.45) is 0 Å². The van der Waals surface area contributed by atoms with E-state index in [-0.39, 0.29) is 11.9 Å². The molecule has 0 aliphatic carbocycles. The summed E-state index contributed by atoms with van der Waals surface area (Å²) < 4.78 is 6.35. The molecular weight excluding hydrogens is 284 g/mol. The fourth-order valence-electron chi connectivity index (χ4n) is 2.21. The Bertz CT molecular complexity index is 757. The standard InChI is InChI=1S/C16H16N2O2S/c1-10(15-17-13-6-4-5-7-14(13)21-15)18(3)16(19)12-8-9-20-11(12)2/h4-10H,1-3H3/t10-/m0/s1. The van der Waals surface area contributed by atoms with Crippen molar-refractivity contribution >= 4 is 27.5 Å². The number of carbonyl (C=O) groups is 1. The maximum atomic E-state index is 12.5. The van der Waals surface area contributed by atoms with Gasteiger partial charge in [0.1, 0.15) is 10.8 Å². The van der Waals surface area contributed by atoms with Crippen LogP contribution in [0.2, 0.25) is 0 Å². The number of carbonyl (C=O) groups excluding carboxylic acids is 1. The number of amides is 1. The van der Waals surface area contributed by atoms with Crippen molar-refractivity contribution in [3.8, 4) is 0 Å². The zero-order valence-electron chi connectivity index (χ0n) is 12.2. The van der Waals surface area contributed by atoms with Crippen molar-refractivity contribution < 1.29 is 9.21 Å². The van der Waals surface area contributed by atoms with Gasteiger partial charge in [0.2, 0.25) is 0 Å². The largest absolute Gasteiger partial charge is 0.469 e. The molecule has 0 aliphatic rings. The lowest BCUT2D eigenvalue weighted by Gasteiger charge is -2.22. The van der Waals surface area contributed by atoms with Gasteiger partial charge in [0.25, 0.3) is 5.91 Å². The van der Waals surface area contributed by atoms with Crippen LogP contribution in [0, 0.1) is 6.92 Å². The van der Waals surface area contributed by atoms with Gasteiger partial charge in [-0.25, -0.2) is 4.98 Å². The molecule has 1 atom stereocenters. The second-order valence-corrected chi connectivity index (χ2v) is 6.06. The molecule has 2 aromatic heterocycles. The van der Waals surface area contributed by atoms with E-state index in [2.05, 4.69) is 4.98 Å². The molecule has 0 spiro atoms. The van der Waals surface area contributed by atoms with Crippen molar-refractivity contribution in [3.05, 3.63) is 52.9 Å². The van der Waals surface area contributed by atoms with Gasteiger partial charge in [-0.3, -0.25) is 4.79 Å². The number of aromatic nitrogens is 1. The lowest BCUT2D eigenvalue weighted by molar-refractivity contribution is 0.0741. The molecule has 3 aromatic rings. The van der Waals surface area contributed by atoms with Gasteiger partial charge in [-0.05, 0) is 32.0 Å². The third-order valence-electron chi connectivity index (χ3n) is 3.66. The Balaban J connectivity index is 1.88. The third-order valence-corrected chi connectivity index (χ3v) is 4.87. The molecule has 0 N–H and O–H groups in total. The average Bonchev–Trinajstić information content (AvgIpc) is 3.10. The minimum Gasteiger partial charge on any atom is -0.469 e. The highest BCUT2D eigenvalue weighted by molar-refractivity contribution is 7.18. The Hall–Kier alpha value is -2.14. The minimum absolute atomic E-state index is 0.0481. The van der Waals surface area contributed by atoms with Gasteiger partial charge in [-0.2, -0.15) is 0 Å². The Morgan fingerprint density at radius 2 is 2.10 bits per heavy atom. The summed E-state index contributed by atoms with van der Waals surface area (Å²) in [4.78, 5) is 18.8. The Morgan fingerprint density at radius 3 is 2.76 bits per heavy atom. The van der Waals surface area contributed by atoms with Gasteiger partial charge in [0.15, 0.2) is 0 Å². The summed E-state index contributed by atoms with van der Waals surface area (Å²) >= 11 is 1.62. The van der Waals surface area contributed by atoms with Crippen LogP contribution in [-0.2, 0) is 0 Å². The predicted octanol–water partition coefficient (Wildman–Crippen LogP) is 4.03. The molecule has 0 fully saturated rings. The number of rotatable bonds is 3. The molecule has 4 nitrogen and oxygen atoms in total. The predicted molar refractivity (Wildman–Crippen MR) is 83.6 cm³/mol. The van der Waals surface area contributed by atoms with Crippen LogP contribution in [0.5, 0.6) is 0 Å². The summed E-state index contributed by atoms with van der Waals surface area (Å²) in [5, 5.41) is 0.938. The first-order valence-electron chi connectivity index (χ1n) is 6.74. The first-order chi connectivity index (χ1) is 10.1. The van der Waals surface area contributed by atoms with Crippen molar-refractivity contribution in [1.82, 2.24) is 9.88 Å². The number of benzene rings is 1. The fourth-order valence-corrected chi connectivity index (χ4v) is 3.27. The van der Waals surface area contributed by atoms with Gasteiger partial charge in [0.05, 0.1) is 28.1 Å². The van der Waals surface area contributed by atoms with Gasteiger partial charge in [-0.15, -0.1) is 11.3 Å². The molecule has 0 saturated carbocycles. The summed E-state index contributed by atoms with van der Waals surface area (Å²) in [5.41, 5.74) is 1.58. The zero-order valence-corrected chi connectivity index (χ0v) is 13.0. The lowest BCUT2D eigenvalue weighted by Crippen LogP contribution is -2.29. The van der Waals surface area contributed by atoms with Crippen LogP contribution in [0.4, 0.5) is 0 Å². The third kappa shape index (κ3) is 2.45. The van der Waals surface area contributed by atoms with Gasteiger partial charge in [-0.1, -0.05) is 12.1 Å². The highest BCUT2D eigenvalue weighted by Gasteiger charge is 2.23. The summed E-state index contributed by atoms with van der Waals surface area (Å²) in [7, 11) is 1.80.